The van der Waals surface area contributed by atoms with Crippen molar-refractivity contribution in [3.63, 3.8) is 0 Å². The normalized spacial score (nSPS) is 17.2. The molecule has 1 aliphatic rings. The number of sulfone groups is 1. The summed E-state index contributed by atoms with van der Waals surface area (Å²) in [5.41, 5.74) is 1.41. The molecule has 2 aromatic rings. The van der Waals surface area contributed by atoms with E-state index >= 15 is 0 Å². The molecule has 0 unspecified atom stereocenters. The van der Waals surface area contributed by atoms with Gasteiger partial charge in [-0.2, -0.15) is 0 Å². The van der Waals surface area contributed by atoms with E-state index in [1.165, 1.54) is 6.20 Å². The van der Waals surface area contributed by atoms with Gasteiger partial charge in [0.05, 0.1) is 10.1 Å². The number of fused-ring (bicyclic) bond motifs is 1. The van der Waals surface area contributed by atoms with E-state index in [0.29, 0.717) is 11.4 Å². The van der Waals surface area contributed by atoms with Crippen molar-refractivity contribution in [1.82, 2.24) is 14.5 Å². The van der Waals surface area contributed by atoms with Crippen LogP contribution in [0, 0.1) is 12.8 Å². The van der Waals surface area contributed by atoms with Gasteiger partial charge < -0.3 is 9.30 Å². The predicted octanol–water partition coefficient (Wildman–Crippen LogP) is 2.35. The molecular formula is C16H23N3O3S. The van der Waals surface area contributed by atoms with Gasteiger partial charge in [-0.1, -0.05) is 0 Å². The van der Waals surface area contributed by atoms with Crippen LogP contribution >= 0.6 is 0 Å². The summed E-state index contributed by atoms with van der Waals surface area (Å²) in [7, 11) is -3.33. The Labute approximate surface area is 136 Å². The Kier molecular flexibility index (Phi) is 4.42. The highest BCUT2D eigenvalue weighted by Gasteiger charge is 2.22. The summed E-state index contributed by atoms with van der Waals surface area (Å²) in [6.45, 7) is 7.76. The topological polar surface area (TPSA) is 74.1 Å². The second kappa shape index (κ2) is 6.20. The molecule has 3 heterocycles. The van der Waals surface area contributed by atoms with Crippen LogP contribution in [0.2, 0.25) is 0 Å². The summed E-state index contributed by atoms with van der Waals surface area (Å²) in [5.74, 6) is 1.43. The molecule has 0 amide bonds. The average molecular weight is 337 g/mol. The van der Waals surface area contributed by atoms with Gasteiger partial charge in [-0.3, -0.25) is 0 Å². The lowest BCUT2D eigenvalue weighted by molar-refractivity contribution is 0.0614. The summed E-state index contributed by atoms with van der Waals surface area (Å²) in [4.78, 5) is 9.17. The van der Waals surface area contributed by atoms with Gasteiger partial charge in [0.1, 0.15) is 11.3 Å². The molecule has 0 saturated carbocycles. The van der Waals surface area contributed by atoms with Crippen molar-refractivity contribution in [2.75, 3.05) is 13.2 Å². The maximum absolute atomic E-state index is 12.3. The Morgan fingerprint density at radius 3 is 2.70 bits per heavy atom. The van der Waals surface area contributed by atoms with Crippen LogP contribution in [-0.4, -0.2) is 41.4 Å². The number of nitrogens with zero attached hydrogens (tertiary/aromatic N) is 3. The smallest absolute Gasteiger partial charge is 0.182 e. The van der Waals surface area contributed by atoms with E-state index in [2.05, 4.69) is 14.5 Å². The maximum atomic E-state index is 12.3. The van der Waals surface area contributed by atoms with Crippen LogP contribution in [0.15, 0.2) is 17.2 Å². The molecule has 3 rings (SSSR count). The molecule has 0 spiro atoms. The predicted molar refractivity (Wildman–Crippen MR) is 88.1 cm³/mol. The Bertz CT molecular complexity index is 805. The zero-order chi connectivity index (χ0) is 16.6. The Hall–Kier alpha value is -1.47. The second-order valence-electron chi connectivity index (χ2n) is 6.43. The third-order valence-electron chi connectivity index (χ3n) is 4.48. The summed E-state index contributed by atoms with van der Waals surface area (Å²) in [6.07, 6.45) is 3.54. The van der Waals surface area contributed by atoms with Gasteiger partial charge >= 0.3 is 0 Å². The highest BCUT2D eigenvalue weighted by molar-refractivity contribution is 7.92. The van der Waals surface area contributed by atoms with Crippen molar-refractivity contribution >= 4 is 21.0 Å². The second-order valence-corrected chi connectivity index (χ2v) is 8.94. The summed E-state index contributed by atoms with van der Waals surface area (Å²) in [5, 5.41) is -0.466. The largest absolute Gasteiger partial charge is 0.381 e. The van der Waals surface area contributed by atoms with Crippen LogP contribution in [0.5, 0.6) is 0 Å². The van der Waals surface area contributed by atoms with E-state index in [4.69, 9.17) is 4.74 Å². The first-order chi connectivity index (χ1) is 10.9. The highest BCUT2D eigenvalue weighted by atomic mass is 32.2. The highest BCUT2D eigenvalue weighted by Crippen LogP contribution is 2.24. The third-order valence-corrected chi connectivity index (χ3v) is 6.60. The van der Waals surface area contributed by atoms with Gasteiger partial charge in [0.15, 0.2) is 15.5 Å². The van der Waals surface area contributed by atoms with Crippen molar-refractivity contribution in [2.45, 2.75) is 50.3 Å². The molecule has 23 heavy (non-hydrogen) atoms. The first kappa shape index (κ1) is 16.4. The van der Waals surface area contributed by atoms with Gasteiger partial charge in [0.2, 0.25) is 0 Å². The molecule has 1 fully saturated rings. The van der Waals surface area contributed by atoms with E-state index in [9.17, 15) is 8.42 Å². The molecule has 6 nitrogen and oxygen atoms in total. The molecule has 2 aromatic heterocycles. The first-order valence-corrected chi connectivity index (χ1v) is 9.58. The van der Waals surface area contributed by atoms with E-state index in [-0.39, 0.29) is 4.90 Å². The molecule has 0 aliphatic carbocycles. The van der Waals surface area contributed by atoms with Crippen LogP contribution < -0.4 is 0 Å². The fraction of sp³-hybridized carbons (Fsp3) is 0.625. The lowest BCUT2D eigenvalue weighted by Crippen LogP contribution is -2.21. The maximum Gasteiger partial charge on any atom is 0.182 e. The minimum Gasteiger partial charge on any atom is -0.381 e. The van der Waals surface area contributed by atoms with Crippen molar-refractivity contribution < 1.29 is 13.2 Å². The number of hydrogen-bond donors (Lipinski definition) is 0. The molecule has 0 atom stereocenters. The van der Waals surface area contributed by atoms with Crippen LogP contribution in [0.4, 0.5) is 0 Å². The zero-order valence-corrected chi connectivity index (χ0v) is 14.6. The van der Waals surface area contributed by atoms with Gasteiger partial charge in [0.25, 0.3) is 0 Å². The van der Waals surface area contributed by atoms with Crippen LogP contribution in [0.3, 0.4) is 0 Å². The standard InChI is InChI=1S/C16H23N3O3S/c1-11(2)23(20,21)14-8-15-16(17-9-14)19(12(3)18-15)10-13-4-6-22-7-5-13/h8-9,11,13H,4-7,10H2,1-3H3. The summed E-state index contributed by atoms with van der Waals surface area (Å²) in [6, 6.07) is 1.64. The number of ether oxygens (including phenoxy) is 1. The molecular weight excluding hydrogens is 314 g/mol. The van der Waals surface area contributed by atoms with E-state index in [0.717, 1.165) is 44.1 Å². The molecule has 126 valence electrons. The molecule has 0 bridgehead atoms. The Morgan fingerprint density at radius 1 is 1.35 bits per heavy atom. The van der Waals surface area contributed by atoms with Gasteiger partial charge in [-0.05, 0) is 45.6 Å². The molecule has 0 radical (unpaired) electrons. The third kappa shape index (κ3) is 3.12. The molecule has 7 heteroatoms. The first-order valence-electron chi connectivity index (χ1n) is 8.04. The number of aromatic nitrogens is 3. The SMILES string of the molecule is Cc1nc2cc(S(=O)(=O)C(C)C)cnc2n1CC1CCOCC1. The summed E-state index contributed by atoms with van der Waals surface area (Å²) < 4.78 is 32.1. The van der Waals surface area contributed by atoms with Crippen LogP contribution in [-0.2, 0) is 21.1 Å². The minimum absolute atomic E-state index is 0.246. The van der Waals surface area contributed by atoms with Gasteiger partial charge in [0, 0.05) is 26.0 Å². The molecule has 0 aromatic carbocycles. The Morgan fingerprint density at radius 2 is 2.04 bits per heavy atom. The summed E-state index contributed by atoms with van der Waals surface area (Å²) >= 11 is 0. The van der Waals surface area contributed by atoms with Crippen molar-refractivity contribution in [3.05, 3.63) is 18.1 Å². The van der Waals surface area contributed by atoms with Gasteiger partial charge in [-0.15, -0.1) is 0 Å². The fourth-order valence-corrected chi connectivity index (χ4v) is 3.96. The number of rotatable bonds is 4. The molecule has 1 aliphatic heterocycles. The fourth-order valence-electron chi connectivity index (χ4n) is 2.94. The van der Waals surface area contributed by atoms with Crippen LogP contribution in [0.1, 0.15) is 32.5 Å². The number of aryl methyl sites for hydroxylation is 1. The number of imidazole rings is 1. The van der Waals surface area contributed by atoms with E-state index in [1.807, 2.05) is 6.92 Å². The van der Waals surface area contributed by atoms with E-state index in [1.54, 1.807) is 19.9 Å². The van der Waals surface area contributed by atoms with Crippen LogP contribution in [0.25, 0.3) is 11.2 Å². The lowest BCUT2D eigenvalue weighted by Gasteiger charge is -2.22. The monoisotopic (exact) mass is 337 g/mol. The minimum atomic E-state index is -3.33. The lowest BCUT2D eigenvalue weighted by atomic mass is 10.0. The quantitative estimate of drug-likeness (QED) is 0.856. The molecule has 1 saturated heterocycles. The van der Waals surface area contributed by atoms with Crippen molar-refractivity contribution in [1.29, 1.82) is 0 Å². The van der Waals surface area contributed by atoms with E-state index < -0.39 is 15.1 Å². The number of pyridine rings is 1. The van der Waals surface area contributed by atoms with Crippen molar-refractivity contribution in [3.8, 4) is 0 Å². The number of hydrogen-bond acceptors (Lipinski definition) is 5. The average Bonchev–Trinajstić information content (AvgIpc) is 2.83. The van der Waals surface area contributed by atoms with Gasteiger partial charge in [-0.25, -0.2) is 18.4 Å². The molecule has 0 N–H and O–H groups in total. The van der Waals surface area contributed by atoms with Crippen molar-refractivity contribution in [2.24, 2.45) is 5.92 Å². The Balaban J connectivity index is 1.97. The zero-order valence-electron chi connectivity index (χ0n) is 13.8.